The van der Waals surface area contributed by atoms with Crippen molar-refractivity contribution < 1.29 is 19.4 Å². The maximum Gasteiger partial charge on any atom is 0.288 e. The van der Waals surface area contributed by atoms with Crippen LogP contribution in [0.25, 0.3) is 0 Å². The Morgan fingerprint density at radius 1 is 1.10 bits per heavy atom. The highest BCUT2D eigenvalue weighted by Gasteiger charge is 2.34. The molecule has 3 rings (SSSR count). The smallest absolute Gasteiger partial charge is 0.288 e. The number of hydrogen-bond acceptors (Lipinski definition) is 6. The Bertz CT molecular complexity index is 1090. The zero-order chi connectivity index (χ0) is 22.9. The highest BCUT2D eigenvalue weighted by atomic mass is 35.5. The molecule has 1 aliphatic heterocycles. The van der Waals surface area contributed by atoms with Gasteiger partial charge in [0.1, 0.15) is 11.1 Å². The molecule has 0 radical (unpaired) electrons. The van der Waals surface area contributed by atoms with E-state index >= 15 is 0 Å². The largest absolute Gasteiger partial charge is 0.340 e. The highest BCUT2D eigenvalue weighted by molar-refractivity contribution is 6.32. The number of carbonyl (C=O) groups is 2. The summed E-state index contributed by atoms with van der Waals surface area (Å²) >= 11 is 5.79. The maximum absolute atomic E-state index is 13.2. The molecule has 1 atom stereocenters. The lowest BCUT2D eigenvalue weighted by molar-refractivity contribution is -0.384. The third-order valence-corrected chi connectivity index (χ3v) is 5.39. The summed E-state index contributed by atoms with van der Waals surface area (Å²) in [6.45, 7) is 3.83. The van der Waals surface area contributed by atoms with Gasteiger partial charge < -0.3 is 10.2 Å². The van der Waals surface area contributed by atoms with Crippen LogP contribution in [0.4, 0.5) is 17.1 Å². The summed E-state index contributed by atoms with van der Waals surface area (Å²) < 4.78 is 0. The van der Waals surface area contributed by atoms with Crippen molar-refractivity contribution in [3.8, 4) is 0 Å². The van der Waals surface area contributed by atoms with Crippen molar-refractivity contribution in [2.75, 3.05) is 11.4 Å². The summed E-state index contributed by atoms with van der Waals surface area (Å²) in [7, 11) is 0. The molecule has 0 aromatic heterocycles. The molecule has 1 unspecified atom stereocenters. The number of fused-ring (bicyclic) bond motifs is 1. The fourth-order valence-corrected chi connectivity index (χ4v) is 3.60. The first-order valence-electron chi connectivity index (χ1n) is 9.43. The monoisotopic (exact) mass is 446 g/mol. The Morgan fingerprint density at radius 3 is 2.42 bits per heavy atom. The molecule has 0 aliphatic carbocycles. The van der Waals surface area contributed by atoms with Gasteiger partial charge in [0.15, 0.2) is 0 Å². The van der Waals surface area contributed by atoms with Gasteiger partial charge in [-0.25, -0.2) is 0 Å². The maximum atomic E-state index is 13.2. The quantitative estimate of drug-likeness (QED) is 0.532. The molecule has 2 amide bonds. The molecule has 31 heavy (non-hydrogen) atoms. The first kappa shape index (κ1) is 22.2. The number of halogens is 1. The number of non-ortho nitro benzene ring substituents is 1. The molecule has 162 valence electrons. The molecule has 11 heteroatoms. The van der Waals surface area contributed by atoms with E-state index in [4.69, 9.17) is 11.6 Å². The van der Waals surface area contributed by atoms with Crippen molar-refractivity contribution in [3.63, 3.8) is 0 Å². The van der Waals surface area contributed by atoms with E-state index in [-0.39, 0.29) is 22.2 Å². The summed E-state index contributed by atoms with van der Waals surface area (Å²) in [6.07, 6.45) is 0.543. The van der Waals surface area contributed by atoms with Crippen molar-refractivity contribution >= 4 is 40.5 Å². The van der Waals surface area contributed by atoms with Gasteiger partial charge in [0.05, 0.1) is 15.5 Å². The average Bonchev–Trinajstić information content (AvgIpc) is 3.14. The summed E-state index contributed by atoms with van der Waals surface area (Å²) in [5.74, 6) is -1.38. The molecular formula is C20H19ClN4O6. The highest BCUT2D eigenvalue weighted by Crippen LogP contribution is 2.32. The number of nitro benzene ring substituents is 2. The minimum atomic E-state index is -0.938. The van der Waals surface area contributed by atoms with E-state index in [1.54, 1.807) is 19.9 Å². The number of anilines is 1. The number of benzene rings is 2. The molecule has 0 bridgehead atoms. The van der Waals surface area contributed by atoms with Crippen LogP contribution in [0, 0.1) is 26.1 Å². The fraction of sp³-hybridized carbons (Fsp3) is 0.300. The molecule has 0 fully saturated rings. The van der Waals surface area contributed by atoms with Crippen LogP contribution in [0.15, 0.2) is 36.4 Å². The van der Waals surface area contributed by atoms with E-state index in [1.807, 2.05) is 0 Å². The minimum absolute atomic E-state index is 0.00740. The third-order valence-electron chi connectivity index (χ3n) is 5.07. The summed E-state index contributed by atoms with van der Waals surface area (Å²) in [5, 5.41) is 24.7. The Morgan fingerprint density at radius 2 is 1.81 bits per heavy atom. The lowest BCUT2D eigenvalue weighted by atomic mass is 10.0. The van der Waals surface area contributed by atoms with E-state index in [0.717, 1.165) is 11.6 Å². The molecule has 1 N–H and O–H groups in total. The second kappa shape index (κ2) is 8.68. The topological polar surface area (TPSA) is 136 Å². The predicted molar refractivity (Wildman–Crippen MR) is 113 cm³/mol. The minimum Gasteiger partial charge on any atom is -0.340 e. The van der Waals surface area contributed by atoms with Crippen LogP contribution in [0.5, 0.6) is 0 Å². The summed E-state index contributed by atoms with van der Waals surface area (Å²) in [5.41, 5.74) is 0.703. The Kier molecular flexibility index (Phi) is 6.21. The van der Waals surface area contributed by atoms with Gasteiger partial charge in [-0.05, 0) is 30.0 Å². The number of hydrogen-bond donors (Lipinski definition) is 1. The fourth-order valence-electron chi connectivity index (χ4n) is 3.41. The van der Waals surface area contributed by atoms with Crippen molar-refractivity contribution in [3.05, 3.63) is 72.8 Å². The molecule has 0 saturated heterocycles. The van der Waals surface area contributed by atoms with Gasteiger partial charge in [0, 0.05) is 30.3 Å². The standard InChI is InChI=1S/C20H19ClN4O6/c1-11(2)18(22-19(26)13-4-6-15(21)17(9-13)25(30)31)20(27)23-8-7-12-3-5-14(24(28)29)10-16(12)23/h3-6,9-11,18H,7-8H2,1-2H3,(H,22,26). The molecule has 2 aromatic carbocycles. The zero-order valence-electron chi connectivity index (χ0n) is 16.7. The van der Waals surface area contributed by atoms with Gasteiger partial charge in [0.2, 0.25) is 5.91 Å². The molecule has 10 nitrogen and oxygen atoms in total. The molecule has 0 spiro atoms. The van der Waals surface area contributed by atoms with Gasteiger partial charge in [-0.3, -0.25) is 29.8 Å². The van der Waals surface area contributed by atoms with Gasteiger partial charge in [0.25, 0.3) is 17.3 Å². The molecule has 1 heterocycles. The second-order valence-corrected chi connectivity index (χ2v) is 7.84. The molecule has 2 aromatic rings. The normalized spacial score (nSPS) is 13.6. The number of carbonyl (C=O) groups excluding carboxylic acids is 2. The summed E-state index contributed by atoms with van der Waals surface area (Å²) in [4.78, 5) is 48.3. The lowest BCUT2D eigenvalue weighted by Gasteiger charge is -2.27. The Labute approximate surface area is 182 Å². The van der Waals surface area contributed by atoms with Gasteiger partial charge in [-0.2, -0.15) is 0 Å². The van der Waals surface area contributed by atoms with E-state index in [0.29, 0.717) is 18.7 Å². The Balaban J connectivity index is 1.86. The number of nitro groups is 2. The second-order valence-electron chi connectivity index (χ2n) is 7.43. The van der Waals surface area contributed by atoms with Crippen LogP contribution in [0.3, 0.4) is 0 Å². The van der Waals surface area contributed by atoms with Crippen molar-refractivity contribution in [2.24, 2.45) is 5.92 Å². The molecule has 1 aliphatic rings. The predicted octanol–water partition coefficient (Wildman–Crippen LogP) is 3.50. The van der Waals surface area contributed by atoms with Crippen LogP contribution in [0.2, 0.25) is 5.02 Å². The number of rotatable bonds is 6. The lowest BCUT2D eigenvalue weighted by Crippen LogP contribution is -2.51. The van der Waals surface area contributed by atoms with Crippen molar-refractivity contribution in [1.29, 1.82) is 0 Å². The molecule has 0 saturated carbocycles. The van der Waals surface area contributed by atoms with Crippen LogP contribution in [-0.2, 0) is 11.2 Å². The first-order chi connectivity index (χ1) is 14.6. The number of amides is 2. The Hall–Kier alpha value is -3.53. The zero-order valence-corrected chi connectivity index (χ0v) is 17.5. The van der Waals surface area contributed by atoms with E-state index in [1.165, 1.54) is 29.2 Å². The van der Waals surface area contributed by atoms with Crippen molar-refractivity contribution in [2.45, 2.75) is 26.3 Å². The van der Waals surface area contributed by atoms with Gasteiger partial charge in [-0.1, -0.05) is 31.5 Å². The van der Waals surface area contributed by atoms with Crippen LogP contribution >= 0.6 is 11.6 Å². The van der Waals surface area contributed by atoms with Crippen LogP contribution in [0.1, 0.15) is 29.8 Å². The van der Waals surface area contributed by atoms with Crippen LogP contribution in [-0.4, -0.2) is 34.2 Å². The average molecular weight is 447 g/mol. The van der Waals surface area contributed by atoms with Crippen LogP contribution < -0.4 is 10.2 Å². The summed E-state index contributed by atoms with van der Waals surface area (Å²) in [6, 6.07) is 7.05. The van der Waals surface area contributed by atoms with Gasteiger partial charge in [-0.15, -0.1) is 0 Å². The SMILES string of the molecule is CC(C)C(NC(=O)c1ccc(Cl)c([N+](=O)[O-])c1)C(=O)N1CCc2ccc([N+](=O)[O-])cc21. The number of nitrogens with zero attached hydrogens (tertiary/aromatic N) is 3. The van der Waals surface area contributed by atoms with Crippen molar-refractivity contribution in [1.82, 2.24) is 5.32 Å². The van der Waals surface area contributed by atoms with Gasteiger partial charge >= 0.3 is 0 Å². The van der Waals surface area contributed by atoms with E-state index in [2.05, 4.69) is 5.32 Å². The molecular weight excluding hydrogens is 428 g/mol. The van der Waals surface area contributed by atoms with E-state index in [9.17, 15) is 29.8 Å². The third kappa shape index (κ3) is 4.48. The van der Waals surface area contributed by atoms with E-state index < -0.39 is 33.4 Å². The first-order valence-corrected chi connectivity index (χ1v) is 9.81. The number of nitrogens with one attached hydrogen (secondary N) is 1.